The van der Waals surface area contributed by atoms with Gasteiger partial charge in [0.2, 0.25) is 5.91 Å². The highest BCUT2D eigenvalue weighted by Gasteiger charge is 2.09. The second-order valence-corrected chi connectivity index (χ2v) is 6.57. The summed E-state index contributed by atoms with van der Waals surface area (Å²) in [6, 6.07) is 14.7. The minimum absolute atomic E-state index is 0.0208. The highest BCUT2D eigenvalue weighted by molar-refractivity contribution is 6.00. The molecule has 0 aliphatic heterocycles. The number of rotatable bonds is 8. The fourth-order valence-corrected chi connectivity index (χ4v) is 2.23. The molecule has 1 amide bonds. The molecule has 0 saturated heterocycles. The molecule has 0 atom stereocenters. The summed E-state index contributed by atoms with van der Waals surface area (Å²) in [5.74, 6) is 1.05. The number of anilines is 1. The van der Waals surface area contributed by atoms with Gasteiger partial charge in [0, 0.05) is 24.1 Å². The van der Waals surface area contributed by atoms with E-state index in [1.807, 2.05) is 31.2 Å². The molecule has 2 aromatic carbocycles. The Morgan fingerprint density at radius 2 is 1.60 bits per heavy atom. The van der Waals surface area contributed by atoms with Crippen molar-refractivity contribution in [2.45, 2.75) is 33.6 Å². The van der Waals surface area contributed by atoms with E-state index in [1.54, 1.807) is 24.3 Å². The van der Waals surface area contributed by atoms with Crippen LogP contribution in [0.5, 0.6) is 5.75 Å². The van der Waals surface area contributed by atoms with Gasteiger partial charge in [-0.2, -0.15) is 0 Å². The second-order valence-electron chi connectivity index (χ2n) is 6.57. The molecule has 0 aromatic heterocycles. The van der Waals surface area contributed by atoms with Crippen molar-refractivity contribution < 1.29 is 14.3 Å². The Kier molecular flexibility index (Phi) is 6.75. The van der Waals surface area contributed by atoms with Crippen LogP contribution in [0.2, 0.25) is 0 Å². The molecule has 0 bridgehead atoms. The average Bonchev–Trinajstić information content (AvgIpc) is 2.59. The van der Waals surface area contributed by atoms with Crippen molar-refractivity contribution in [2.75, 3.05) is 11.9 Å². The molecule has 1 N–H and O–H groups in total. The minimum atomic E-state index is -0.170. The first kappa shape index (κ1) is 18.7. The smallest absolute Gasteiger partial charge is 0.224 e. The third kappa shape index (κ3) is 6.42. The van der Waals surface area contributed by atoms with Crippen molar-refractivity contribution >= 4 is 17.4 Å². The minimum Gasteiger partial charge on any atom is -0.493 e. The van der Waals surface area contributed by atoms with Gasteiger partial charge in [0.15, 0.2) is 5.78 Å². The van der Waals surface area contributed by atoms with E-state index >= 15 is 0 Å². The van der Waals surface area contributed by atoms with Gasteiger partial charge in [-0.05, 0) is 37.1 Å². The molecule has 132 valence electrons. The number of aryl methyl sites for hydroxylation is 1. The molecule has 2 aromatic rings. The van der Waals surface area contributed by atoms with E-state index in [0.29, 0.717) is 23.8 Å². The molecule has 4 nitrogen and oxygen atoms in total. The number of nitrogens with one attached hydrogen (secondary N) is 1. The van der Waals surface area contributed by atoms with Crippen LogP contribution in [0.25, 0.3) is 0 Å². The van der Waals surface area contributed by atoms with E-state index in [1.165, 1.54) is 0 Å². The van der Waals surface area contributed by atoms with Crippen molar-refractivity contribution in [1.29, 1.82) is 0 Å². The van der Waals surface area contributed by atoms with Crippen LogP contribution in [0.15, 0.2) is 48.5 Å². The zero-order chi connectivity index (χ0) is 18.2. The first-order valence-corrected chi connectivity index (χ1v) is 8.56. The summed E-state index contributed by atoms with van der Waals surface area (Å²) < 4.78 is 5.61. The van der Waals surface area contributed by atoms with Gasteiger partial charge in [-0.25, -0.2) is 0 Å². The molecular weight excluding hydrogens is 314 g/mol. The molecule has 0 aliphatic rings. The Morgan fingerprint density at radius 3 is 2.20 bits per heavy atom. The van der Waals surface area contributed by atoms with E-state index in [0.717, 1.165) is 11.3 Å². The molecule has 0 fully saturated rings. The molecule has 0 aliphatic carbocycles. The Labute approximate surface area is 149 Å². The Balaban J connectivity index is 1.79. The maximum absolute atomic E-state index is 12.1. The number of carbonyl (C=O) groups excluding carboxylic acids is 2. The van der Waals surface area contributed by atoms with Gasteiger partial charge in [0.05, 0.1) is 6.61 Å². The quantitative estimate of drug-likeness (QED) is 0.713. The summed E-state index contributed by atoms with van der Waals surface area (Å²) >= 11 is 0. The third-order valence-corrected chi connectivity index (χ3v) is 3.67. The summed E-state index contributed by atoms with van der Waals surface area (Å²) in [6.07, 6.45) is 0.364. The lowest BCUT2D eigenvalue weighted by atomic mass is 10.0. The van der Waals surface area contributed by atoms with Crippen LogP contribution in [0, 0.1) is 12.8 Å². The molecule has 0 radical (unpaired) electrons. The molecule has 0 unspecified atom stereocenters. The van der Waals surface area contributed by atoms with E-state index in [4.69, 9.17) is 4.74 Å². The van der Waals surface area contributed by atoms with E-state index < -0.39 is 0 Å². The van der Waals surface area contributed by atoms with Gasteiger partial charge in [-0.3, -0.25) is 9.59 Å². The Bertz CT molecular complexity index is 703. The van der Waals surface area contributed by atoms with E-state index in [2.05, 4.69) is 19.2 Å². The molecule has 25 heavy (non-hydrogen) atoms. The Morgan fingerprint density at radius 1 is 0.960 bits per heavy atom. The van der Waals surface area contributed by atoms with Gasteiger partial charge < -0.3 is 10.1 Å². The summed E-state index contributed by atoms with van der Waals surface area (Å²) in [5.41, 5.74) is 2.45. The molecule has 0 saturated carbocycles. The number of Topliss-reactive ketones (excluding diaryl/α,β-unsaturated/α-hetero) is 1. The number of benzene rings is 2. The molecule has 2 rings (SSSR count). The lowest BCUT2D eigenvalue weighted by Gasteiger charge is -2.10. The van der Waals surface area contributed by atoms with Crippen molar-refractivity contribution in [3.63, 3.8) is 0 Å². The van der Waals surface area contributed by atoms with Crippen LogP contribution in [0.3, 0.4) is 0 Å². The number of amides is 1. The number of hydrogen-bond donors (Lipinski definition) is 1. The maximum Gasteiger partial charge on any atom is 0.224 e. The lowest BCUT2D eigenvalue weighted by molar-refractivity contribution is -0.116. The summed E-state index contributed by atoms with van der Waals surface area (Å²) in [5, 5.41) is 2.80. The number of carbonyl (C=O) groups is 2. The van der Waals surface area contributed by atoms with Crippen LogP contribution in [-0.2, 0) is 4.79 Å². The fourth-order valence-electron chi connectivity index (χ4n) is 2.23. The third-order valence-electron chi connectivity index (χ3n) is 3.67. The number of hydrogen-bond acceptors (Lipinski definition) is 3. The van der Waals surface area contributed by atoms with Crippen LogP contribution in [0.4, 0.5) is 5.69 Å². The topological polar surface area (TPSA) is 55.4 Å². The molecular formula is C21H25NO3. The summed E-state index contributed by atoms with van der Waals surface area (Å²) in [7, 11) is 0. The van der Waals surface area contributed by atoms with Gasteiger partial charge in [-0.1, -0.05) is 43.7 Å². The predicted molar refractivity (Wildman–Crippen MR) is 100 cm³/mol. The van der Waals surface area contributed by atoms with Crippen LogP contribution >= 0.6 is 0 Å². The Hall–Kier alpha value is -2.62. The maximum atomic E-state index is 12.1. The van der Waals surface area contributed by atoms with Gasteiger partial charge in [0.1, 0.15) is 5.75 Å². The molecule has 0 heterocycles. The van der Waals surface area contributed by atoms with Crippen molar-refractivity contribution in [2.24, 2.45) is 5.92 Å². The summed E-state index contributed by atoms with van der Waals surface area (Å²) in [4.78, 5) is 24.1. The zero-order valence-corrected chi connectivity index (χ0v) is 15.0. The van der Waals surface area contributed by atoms with Crippen LogP contribution < -0.4 is 10.1 Å². The number of ketones is 1. The van der Waals surface area contributed by atoms with Crippen molar-refractivity contribution in [3.05, 3.63) is 59.7 Å². The zero-order valence-electron chi connectivity index (χ0n) is 15.0. The molecule has 0 spiro atoms. The van der Waals surface area contributed by atoms with E-state index in [-0.39, 0.29) is 24.5 Å². The van der Waals surface area contributed by atoms with Crippen molar-refractivity contribution in [1.82, 2.24) is 0 Å². The first-order valence-electron chi connectivity index (χ1n) is 8.56. The predicted octanol–water partition coefficient (Wildman–Crippen LogP) is 4.63. The average molecular weight is 339 g/mol. The highest BCUT2D eigenvalue weighted by Crippen LogP contribution is 2.17. The van der Waals surface area contributed by atoms with Gasteiger partial charge in [0.25, 0.3) is 0 Å². The second kappa shape index (κ2) is 9.02. The van der Waals surface area contributed by atoms with Crippen LogP contribution in [-0.4, -0.2) is 18.3 Å². The first-order chi connectivity index (χ1) is 11.9. The lowest BCUT2D eigenvalue weighted by Crippen LogP contribution is -2.13. The van der Waals surface area contributed by atoms with E-state index in [9.17, 15) is 9.59 Å². The van der Waals surface area contributed by atoms with Crippen LogP contribution in [0.1, 0.15) is 42.6 Å². The monoisotopic (exact) mass is 339 g/mol. The van der Waals surface area contributed by atoms with Gasteiger partial charge in [-0.15, -0.1) is 0 Å². The van der Waals surface area contributed by atoms with Gasteiger partial charge >= 0.3 is 0 Å². The largest absolute Gasteiger partial charge is 0.493 e. The summed E-state index contributed by atoms with van der Waals surface area (Å²) in [6.45, 7) is 6.81. The normalized spacial score (nSPS) is 10.6. The fraction of sp³-hybridized carbons (Fsp3) is 0.333. The van der Waals surface area contributed by atoms with Crippen molar-refractivity contribution in [3.8, 4) is 5.75 Å². The highest BCUT2D eigenvalue weighted by atomic mass is 16.5. The SMILES string of the molecule is Cc1ccc(C(=O)CCC(=O)Nc2ccc(OCC(C)C)cc2)cc1. The molecule has 4 heteroatoms. The number of ether oxygens (including phenoxy) is 1. The standard InChI is InChI=1S/C21H25NO3/c1-15(2)14-25-19-10-8-18(9-11-19)22-21(24)13-12-20(23)17-6-4-16(3)5-7-17/h4-11,15H,12-14H2,1-3H3,(H,22,24).